The Kier molecular flexibility index (Phi) is 9.21. The number of likely N-dealkylation sites (tertiary alicyclic amines) is 1. The molecule has 1 saturated heterocycles. The monoisotopic (exact) mass is 555 g/mol. The van der Waals surface area contributed by atoms with Crippen LogP contribution in [-0.4, -0.2) is 60.2 Å². The highest BCUT2D eigenvalue weighted by Gasteiger charge is 2.27. The number of piperidine rings is 1. The Morgan fingerprint density at radius 3 is 2.64 bits per heavy atom. The van der Waals surface area contributed by atoms with Crippen molar-refractivity contribution in [3.05, 3.63) is 64.5 Å². The second kappa shape index (κ2) is 12.8. The summed E-state index contributed by atoms with van der Waals surface area (Å²) >= 11 is 3.42. The zero-order valence-corrected chi connectivity index (χ0v) is 21.8. The first-order valence-corrected chi connectivity index (χ1v) is 12.8. The minimum atomic E-state index is -0.209. The molecule has 3 aromatic rings. The lowest BCUT2D eigenvalue weighted by Crippen LogP contribution is -2.38. The second-order valence-electron chi connectivity index (χ2n) is 8.71. The Morgan fingerprint density at radius 2 is 1.89 bits per heavy atom. The fraction of sp³-hybridized carbons (Fsp3) is 0.385. The van der Waals surface area contributed by atoms with Crippen LogP contribution in [-0.2, 0) is 16.1 Å². The number of methoxy groups -OCH3 is 1. The van der Waals surface area contributed by atoms with E-state index in [9.17, 15) is 9.59 Å². The number of benzene rings is 2. The maximum absolute atomic E-state index is 13.0. The second-order valence-corrected chi connectivity index (χ2v) is 9.62. The minimum Gasteiger partial charge on any atom is -0.385 e. The van der Waals surface area contributed by atoms with Gasteiger partial charge in [-0.2, -0.15) is 4.98 Å². The van der Waals surface area contributed by atoms with Crippen molar-refractivity contribution in [1.82, 2.24) is 20.4 Å². The van der Waals surface area contributed by atoms with Crippen LogP contribution in [0.2, 0.25) is 0 Å². The summed E-state index contributed by atoms with van der Waals surface area (Å²) in [5.41, 5.74) is 1.88. The third kappa shape index (κ3) is 6.99. The zero-order valence-electron chi connectivity index (χ0n) is 20.2. The van der Waals surface area contributed by atoms with Crippen molar-refractivity contribution in [3.63, 3.8) is 0 Å². The number of hydrogen-bond acceptors (Lipinski definition) is 7. The van der Waals surface area contributed by atoms with Crippen LogP contribution >= 0.6 is 15.9 Å². The quantitative estimate of drug-likeness (QED) is 0.362. The molecule has 0 radical (unpaired) electrons. The molecule has 0 spiro atoms. The van der Waals surface area contributed by atoms with E-state index in [1.807, 2.05) is 30.3 Å². The van der Waals surface area contributed by atoms with Crippen molar-refractivity contribution in [2.75, 3.05) is 38.7 Å². The van der Waals surface area contributed by atoms with Crippen LogP contribution in [0.4, 0.5) is 5.69 Å². The van der Waals surface area contributed by atoms with Gasteiger partial charge in [0.1, 0.15) is 0 Å². The van der Waals surface area contributed by atoms with Crippen LogP contribution < -0.4 is 10.6 Å². The Balaban J connectivity index is 1.27. The molecule has 0 aliphatic carbocycles. The lowest BCUT2D eigenvalue weighted by molar-refractivity contribution is -0.121. The number of carbonyl (C=O) groups is 2. The van der Waals surface area contributed by atoms with Gasteiger partial charge in [-0.1, -0.05) is 33.2 Å². The molecule has 0 bridgehead atoms. The van der Waals surface area contributed by atoms with E-state index in [1.54, 1.807) is 25.3 Å². The van der Waals surface area contributed by atoms with Crippen LogP contribution in [0.5, 0.6) is 0 Å². The molecule has 4 rings (SSSR count). The highest BCUT2D eigenvalue weighted by molar-refractivity contribution is 9.10. The maximum atomic E-state index is 13.0. The highest BCUT2D eigenvalue weighted by atomic mass is 79.9. The van der Waals surface area contributed by atoms with Gasteiger partial charge in [-0.05, 0) is 68.8 Å². The normalized spacial score (nSPS) is 14.5. The molecule has 0 atom stereocenters. The summed E-state index contributed by atoms with van der Waals surface area (Å²) in [4.78, 5) is 32.3. The molecule has 1 aliphatic heterocycles. The van der Waals surface area contributed by atoms with E-state index in [-0.39, 0.29) is 17.7 Å². The van der Waals surface area contributed by atoms with Crippen LogP contribution in [0.25, 0.3) is 11.4 Å². The summed E-state index contributed by atoms with van der Waals surface area (Å²) in [5.74, 6) is 0.720. The van der Waals surface area contributed by atoms with Gasteiger partial charge in [-0.3, -0.25) is 14.5 Å². The van der Waals surface area contributed by atoms with E-state index in [0.29, 0.717) is 55.5 Å². The first kappa shape index (κ1) is 26.0. The first-order valence-electron chi connectivity index (χ1n) is 12.0. The van der Waals surface area contributed by atoms with E-state index in [4.69, 9.17) is 9.26 Å². The zero-order chi connectivity index (χ0) is 25.3. The molecular formula is C26H30BrN5O4. The number of hydrogen-bond donors (Lipinski definition) is 2. The number of anilines is 1. The SMILES string of the molecule is COCCCNC(=O)c1ccccc1NC(=O)C1CCN(Cc2nc(-c3ccc(Br)cc3)no2)CC1. The van der Waals surface area contributed by atoms with Crippen molar-refractivity contribution in [2.24, 2.45) is 5.92 Å². The van der Waals surface area contributed by atoms with Crippen LogP contribution in [0.1, 0.15) is 35.5 Å². The number of rotatable bonds is 10. The highest BCUT2D eigenvalue weighted by Crippen LogP contribution is 2.24. The molecule has 2 heterocycles. The van der Waals surface area contributed by atoms with Crippen LogP contribution in [0.15, 0.2) is 57.5 Å². The Morgan fingerprint density at radius 1 is 1.14 bits per heavy atom. The molecular weight excluding hydrogens is 526 g/mol. The standard InChI is InChI=1S/C26H30BrN5O4/c1-35-16-4-13-28-26(34)21-5-2-3-6-22(21)29-25(33)19-11-14-32(15-12-19)17-23-30-24(31-36-23)18-7-9-20(27)10-8-18/h2-3,5-10,19H,4,11-17H2,1H3,(H,28,34)(H,29,33). The van der Waals surface area contributed by atoms with Crippen molar-refractivity contribution in [1.29, 1.82) is 0 Å². The number of amides is 2. The van der Waals surface area contributed by atoms with Crippen LogP contribution in [0.3, 0.4) is 0 Å². The number of carbonyl (C=O) groups excluding carboxylic acids is 2. The topological polar surface area (TPSA) is 110 Å². The fourth-order valence-electron chi connectivity index (χ4n) is 4.12. The van der Waals surface area contributed by atoms with Gasteiger partial charge in [0.05, 0.1) is 17.8 Å². The fourth-order valence-corrected chi connectivity index (χ4v) is 4.38. The van der Waals surface area contributed by atoms with Crippen molar-refractivity contribution < 1.29 is 18.8 Å². The predicted molar refractivity (Wildman–Crippen MR) is 139 cm³/mol. The van der Waals surface area contributed by atoms with Gasteiger partial charge in [-0.25, -0.2) is 0 Å². The van der Waals surface area contributed by atoms with Crippen molar-refractivity contribution in [2.45, 2.75) is 25.8 Å². The largest absolute Gasteiger partial charge is 0.385 e. The van der Waals surface area contributed by atoms with Gasteiger partial charge in [0.15, 0.2) is 0 Å². The van der Waals surface area contributed by atoms with Gasteiger partial charge < -0.3 is 19.9 Å². The smallest absolute Gasteiger partial charge is 0.253 e. The van der Waals surface area contributed by atoms with Crippen molar-refractivity contribution in [3.8, 4) is 11.4 Å². The van der Waals surface area contributed by atoms with Crippen LogP contribution in [0, 0.1) is 5.92 Å². The molecule has 2 amide bonds. The van der Waals surface area contributed by atoms with Gasteiger partial charge in [0, 0.05) is 36.2 Å². The molecule has 1 aliphatic rings. The van der Waals surface area contributed by atoms with Gasteiger partial charge in [0.2, 0.25) is 17.6 Å². The van der Waals surface area contributed by atoms with Gasteiger partial charge >= 0.3 is 0 Å². The van der Waals surface area contributed by atoms with E-state index in [1.165, 1.54) is 0 Å². The third-order valence-electron chi connectivity index (χ3n) is 6.13. The molecule has 0 saturated carbocycles. The van der Waals surface area contributed by atoms with Crippen molar-refractivity contribution >= 4 is 33.4 Å². The number of ether oxygens (including phenoxy) is 1. The molecule has 1 fully saturated rings. The lowest BCUT2D eigenvalue weighted by Gasteiger charge is -2.30. The van der Waals surface area contributed by atoms with E-state index in [2.05, 4.69) is 41.6 Å². The van der Waals surface area contributed by atoms with Gasteiger partial charge in [-0.15, -0.1) is 0 Å². The van der Waals surface area contributed by atoms with Gasteiger partial charge in [0.25, 0.3) is 5.91 Å². The summed E-state index contributed by atoms with van der Waals surface area (Å²) in [6, 6.07) is 14.8. The lowest BCUT2D eigenvalue weighted by atomic mass is 9.95. The maximum Gasteiger partial charge on any atom is 0.253 e. The van der Waals surface area contributed by atoms with E-state index in [0.717, 1.165) is 29.5 Å². The Hall–Kier alpha value is -3.08. The number of nitrogens with zero attached hydrogens (tertiary/aromatic N) is 3. The Labute approximate surface area is 218 Å². The Bertz CT molecular complexity index is 1160. The summed E-state index contributed by atoms with van der Waals surface area (Å²) in [7, 11) is 1.63. The minimum absolute atomic E-state index is 0.0652. The summed E-state index contributed by atoms with van der Waals surface area (Å²) < 4.78 is 11.4. The first-order chi connectivity index (χ1) is 17.5. The molecule has 2 N–H and O–H groups in total. The summed E-state index contributed by atoms with van der Waals surface area (Å²) in [6.45, 7) is 3.13. The molecule has 9 nitrogen and oxygen atoms in total. The number of para-hydroxylation sites is 1. The average molecular weight is 556 g/mol. The van der Waals surface area contributed by atoms with E-state index < -0.39 is 0 Å². The number of nitrogens with one attached hydrogen (secondary N) is 2. The number of aromatic nitrogens is 2. The molecule has 2 aromatic carbocycles. The molecule has 190 valence electrons. The predicted octanol–water partition coefficient (Wildman–Crippen LogP) is 4.12. The number of halogens is 1. The molecule has 10 heteroatoms. The molecule has 36 heavy (non-hydrogen) atoms. The summed E-state index contributed by atoms with van der Waals surface area (Å²) in [5, 5.41) is 9.93. The van der Waals surface area contributed by atoms with E-state index >= 15 is 0 Å². The third-order valence-corrected chi connectivity index (χ3v) is 6.66. The average Bonchev–Trinajstić information content (AvgIpc) is 3.36. The molecule has 0 unspecified atom stereocenters. The molecule has 1 aromatic heterocycles. The summed E-state index contributed by atoms with van der Waals surface area (Å²) in [6.07, 6.45) is 2.15.